The average Bonchev–Trinajstić information content (AvgIpc) is 2.66. The molecule has 1 unspecified atom stereocenters. The van der Waals surface area contributed by atoms with Crippen molar-refractivity contribution in [3.63, 3.8) is 0 Å². The van der Waals surface area contributed by atoms with Crippen LogP contribution in [0.15, 0.2) is 29.3 Å². The van der Waals surface area contributed by atoms with Gasteiger partial charge in [0, 0.05) is 44.5 Å². The maximum Gasteiger partial charge on any atom is 0.211 e. The minimum atomic E-state index is -3.21. The third-order valence-corrected chi connectivity index (χ3v) is 6.59. The first kappa shape index (κ1) is 19.9. The summed E-state index contributed by atoms with van der Waals surface area (Å²) >= 11 is 0. The van der Waals surface area contributed by atoms with Crippen LogP contribution in [-0.4, -0.2) is 75.1 Å². The van der Waals surface area contributed by atoms with E-state index in [1.54, 1.807) is 16.4 Å². The predicted octanol–water partition coefficient (Wildman–Crippen LogP) is 1.08. The Morgan fingerprint density at radius 2 is 1.81 bits per heavy atom. The van der Waals surface area contributed by atoms with Crippen molar-refractivity contribution in [3.8, 4) is 0 Å². The number of halogens is 1. The van der Waals surface area contributed by atoms with Crippen LogP contribution in [-0.2, 0) is 10.0 Å². The molecule has 7 nitrogen and oxygen atoms in total. The molecule has 0 spiro atoms. The largest absolute Gasteiger partial charge is 0.370 e. The van der Waals surface area contributed by atoms with Crippen LogP contribution in [0, 0.1) is 5.82 Å². The van der Waals surface area contributed by atoms with E-state index in [1.807, 2.05) is 4.90 Å². The van der Waals surface area contributed by atoms with Crippen LogP contribution in [0.5, 0.6) is 0 Å². The van der Waals surface area contributed by atoms with Gasteiger partial charge in [0.1, 0.15) is 5.82 Å². The van der Waals surface area contributed by atoms with E-state index in [4.69, 9.17) is 5.73 Å². The van der Waals surface area contributed by atoms with Crippen molar-refractivity contribution in [1.82, 2.24) is 9.21 Å². The van der Waals surface area contributed by atoms with Gasteiger partial charge in [0.15, 0.2) is 5.96 Å². The smallest absolute Gasteiger partial charge is 0.211 e. The second-order valence-electron chi connectivity index (χ2n) is 7.17. The first-order valence-electron chi connectivity index (χ1n) is 9.37. The van der Waals surface area contributed by atoms with Gasteiger partial charge in [0.2, 0.25) is 10.0 Å². The summed E-state index contributed by atoms with van der Waals surface area (Å²) in [5, 5.41) is 0. The molecular formula is C18H28FN5O2S. The second kappa shape index (κ2) is 8.43. The van der Waals surface area contributed by atoms with Crippen molar-refractivity contribution in [1.29, 1.82) is 0 Å². The van der Waals surface area contributed by atoms with Crippen molar-refractivity contribution >= 4 is 21.7 Å². The Balaban J connectivity index is 1.55. The van der Waals surface area contributed by atoms with Crippen LogP contribution < -0.4 is 10.6 Å². The Hall–Kier alpha value is -1.87. The van der Waals surface area contributed by atoms with Crippen LogP contribution in [0.4, 0.5) is 10.1 Å². The minimum absolute atomic E-state index is 0.104. The van der Waals surface area contributed by atoms with Gasteiger partial charge in [-0.2, -0.15) is 4.31 Å². The summed E-state index contributed by atoms with van der Waals surface area (Å²) < 4.78 is 38.5. The molecule has 27 heavy (non-hydrogen) atoms. The number of hydrogen-bond acceptors (Lipinski definition) is 4. The van der Waals surface area contributed by atoms with Crippen LogP contribution >= 0.6 is 0 Å². The highest BCUT2D eigenvalue weighted by atomic mass is 32.2. The van der Waals surface area contributed by atoms with Crippen molar-refractivity contribution in [2.75, 3.05) is 50.4 Å². The second-order valence-corrected chi connectivity index (χ2v) is 9.11. The summed E-state index contributed by atoms with van der Waals surface area (Å²) in [5.74, 6) is 0.229. The molecule has 2 heterocycles. The standard InChI is InChI=1S/C18H28FN5O2S/c1-27(25,26)24-9-3-2-4-17(24)14-21-18(20)23-12-10-22(11-13-23)16-7-5-15(19)6-8-16/h5-8,17H,2-4,9-14H2,1H3,(H2,20,21). The number of guanidine groups is 1. The SMILES string of the molecule is CS(=O)(=O)N1CCCCC1CN=C(N)N1CCN(c2ccc(F)cc2)CC1. The highest BCUT2D eigenvalue weighted by Gasteiger charge is 2.29. The quantitative estimate of drug-likeness (QED) is 0.607. The maximum absolute atomic E-state index is 13.1. The fraction of sp³-hybridized carbons (Fsp3) is 0.611. The monoisotopic (exact) mass is 397 g/mol. The molecule has 1 aromatic rings. The van der Waals surface area contributed by atoms with Crippen LogP contribution in [0.1, 0.15) is 19.3 Å². The van der Waals surface area contributed by atoms with E-state index in [2.05, 4.69) is 9.89 Å². The van der Waals surface area contributed by atoms with Gasteiger partial charge in [-0.3, -0.25) is 4.99 Å². The lowest BCUT2D eigenvalue weighted by atomic mass is 10.1. The van der Waals surface area contributed by atoms with E-state index in [0.29, 0.717) is 19.0 Å². The van der Waals surface area contributed by atoms with Crippen molar-refractivity contribution in [3.05, 3.63) is 30.1 Å². The fourth-order valence-electron chi connectivity index (χ4n) is 3.74. The summed E-state index contributed by atoms with van der Waals surface area (Å²) in [6.45, 7) is 3.98. The number of rotatable bonds is 4. The molecule has 0 aromatic heterocycles. The Bertz CT molecular complexity index is 760. The van der Waals surface area contributed by atoms with Gasteiger partial charge >= 0.3 is 0 Å². The fourth-order valence-corrected chi connectivity index (χ4v) is 4.91. The normalized spacial score (nSPS) is 22.9. The zero-order valence-electron chi connectivity index (χ0n) is 15.7. The summed E-state index contributed by atoms with van der Waals surface area (Å²) in [7, 11) is -3.21. The van der Waals surface area contributed by atoms with Crippen molar-refractivity contribution in [2.24, 2.45) is 10.7 Å². The molecule has 2 aliphatic rings. The zero-order chi connectivity index (χ0) is 19.4. The predicted molar refractivity (Wildman–Crippen MR) is 106 cm³/mol. The minimum Gasteiger partial charge on any atom is -0.370 e. The van der Waals surface area contributed by atoms with Gasteiger partial charge in [-0.05, 0) is 37.1 Å². The maximum atomic E-state index is 13.1. The number of benzene rings is 1. The molecule has 2 aliphatic heterocycles. The lowest BCUT2D eigenvalue weighted by molar-refractivity contribution is 0.258. The Morgan fingerprint density at radius 3 is 2.44 bits per heavy atom. The van der Waals surface area contributed by atoms with Crippen LogP contribution in [0.25, 0.3) is 0 Å². The summed E-state index contributed by atoms with van der Waals surface area (Å²) in [5.41, 5.74) is 7.16. The van der Waals surface area contributed by atoms with E-state index >= 15 is 0 Å². The number of piperidine rings is 1. The summed E-state index contributed by atoms with van der Waals surface area (Å²) in [6, 6.07) is 6.40. The summed E-state index contributed by atoms with van der Waals surface area (Å²) in [4.78, 5) is 8.70. The number of hydrogen-bond donors (Lipinski definition) is 1. The lowest BCUT2D eigenvalue weighted by Crippen LogP contribution is -2.51. The highest BCUT2D eigenvalue weighted by molar-refractivity contribution is 7.88. The Morgan fingerprint density at radius 1 is 1.15 bits per heavy atom. The van der Waals surface area contributed by atoms with Crippen LogP contribution in [0.3, 0.4) is 0 Å². The molecule has 0 bridgehead atoms. The van der Waals surface area contributed by atoms with Crippen molar-refractivity contribution in [2.45, 2.75) is 25.3 Å². The molecule has 2 N–H and O–H groups in total. The topological polar surface area (TPSA) is 82.2 Å². The van der Waals surface area contributed by atoms with E-state index in [-0.39, 0.29) is 11.9 Å². The third kappa shape index (κ3) is 5.10. The molecule has 3 rings (SSSR count). The van der Waals surface area contributed by atoms with Gasteiger partial charge < -0.3 is 15.5 Å². The first-order chi connectivity index (χ1) is 12.8. The molecule has 2 fully saturated rings. The molecule has 0 radical (unpaired) electrons. The molecule has 9 heteroatoms. The molecular weight excluding hydrogens is 369 g/mol. The first-order valence-corrected chi connectivity index (χ1v) is 11.2. The Kier molecular flexibility index (Phi) is 6.21. The van der Waals surface area contributed by atoms with E-state index in [9.17, 15) is 12.8 Å². The van der Waals surface area contributed by atoms with Gasteiger partial charge in [0.05, 0.1) is 12.8 Å². The van der Waals surface area contributed by atoms with E-state index in [0.717, 1.165) is 51.1 Å². The third-order valence-electron chi connectivity index (χ3n) is 5.26. The number of aliphatic imine (C=N–C) groups is 1. The van der Waals surface area contributed by atoms with Gasteiger partial charge in [0.25, 0.3) is 0 Å². The molecule has 0 aliphatic carbocycles. The van der Waals surface area contributed by atoms with Crippen LogP contribution in [0.2, 0.25) is 0 Å². The number of anilines is 1. The highest BCUT2D eigenvalue weighted by Crippen LogP contribution is 2.20. The Labute approximate surface area is 160 Å². The van der Waals surface area contributed by atoms with Crippen molar-refractivity contribution < 1.29 is 12.8 Å². The molecule has 2 saturated heterocycles. The molecule has 0 amide bonds. The van der Waals surface area contributed by atoms with E-state index < -0.39 is 10.0 Å². The van der Waals surface area contributed by atoms with E-state index in [1.165, 1.54) is 18.4 Å². The number of piperazine rings is 1. The zero-order valence-corrected chi connectivity index (χ0v) is 16.5. The number of nitrogens with zero attached hydrogens (tertiary/aromatic N) is 4. The van der Waals surface area contributed by atoms with Gasteiger partial charge in [-0.15, -0.1) is 0 Å². The molecule has 1 atom stereocenters. The molecule has 150 valence electrons. The number of nitrogens with two attached hydrogens (primary N) is 1. The lowest BCUT2D eigenvalue weighted by Gasteiger charge is -2.37. The molecule has 1 aromatic carbocycles. The van der Waals surface area contributed by atoms with Gasteiger partial charge in [-0.25, -0.2) is 12.8 Å². The number of sulfonamides is 1. The average molecular weight is 398 g/mol. The summed E-state index contributed by atoms with van der Waals surface area (Å²) in [6.07, 6.45) is 3.99. The van der Waals surface area contributed by atoms with Gasteiger partial charge in [-0.1, -0.05) is 6.42 Å². The molecule has 0 saturated carbocycles.